The molecule has 0 aliphatic heterocycles. The largest absolute Gasteiger partial charge is 0.493 e. The Balaban J connectivity index is 1.61. The molecule has 3 N–H and O–H groups in total. The van der Waals surface area contributed by atoms with Crippen molar-refractivity contribution in [1.82, 2.24) is 19.7 Å². The van der Waals surface area contributed by atoms with Crippen LogP contribution in [0, 0.1) is 11.7 Å². The van der Waals surface area contributed by atoms with E-state index in [1.165, 1.54) is 42.5 Å². The Morgan fingerprint density at radius 2 is 1.85 bits per heavy atom. The lowest BCUT2D eigenvalue weighted by Crippen LogP contribution is -2.31. The number of anilines is 1. The zero-order valence-corrected chi connectivity index (χ0v) is 23.4. The molecule has 0 atom stereocenters. The molecule has 12 heteroatoms. The van der Waals surface area contributed by atoms with Crippen molar-refractivity contribution in [3.63, 3.8) is 0 Å². The molecule has 4 aromatic rings. The average molecular weight is 580 g/mol. The third-order valence-electron chi connectivity index (χ3n) is 5.64. The summed E-state index contributed by atoms with van der Waals surface area (Å²) >= 11 is 0. The third-order valence-corrected chi connectivity index (χ3v) is 6.88. The highest BCUT2D eigenvalue weighted by atomic mass is 32.2. The molecule has 214 valence electrons. The van der Waals surface area contributed by atoms with E-state index in [1.807, 2.05) is 36.8 Å². The summed E-state index contributed by atoms with van der Waals surface area (Å²) in [7, 11) is -4.34. The van der Waals surface area contributed by atoms with E-state index in [4.69, 9.17) is 15.2 Å². The minimum Gasteiger partial charge on any atom is -0.493 e. The second-order valence-corrected chi connectivity index (χ2v) is 11.2. The summed E-state index contributed by atoms with van der Waals surface area (Å²) in [6.45, 7) is 4.51. The molecule has 0 radical (unpaired) electrons. The first kappa shape index (κ1) is 29.4. The molecule has 1 amide bonds. The first-order valence-electron chi connectivity index (χ1n) is 12.9. The number of hydrogen-bond acceptors (Lipinski definition) is 9. The molecule has 3 aromatic heterocycles. The molecule has 0 unspecified atom stereocenters. The molecule has 0 aliphatic rings. The van der Waals surface area contributed by atoms with Gasteiger partial charge in [-0.2, -0.15) is 8.42 Å². The van der Waals surface area contributed by atoms with Gasteiger partial charge in [0.25, 0.3) is 15.9 Å². The number of rotatable bonds is 12. The van der Waals surface area contributed by atoms with Crippen LogP contribution in [0.15, 0.2) is 78.0 Å². The molecule has 0 fully saturated rings. The SMILES string of the molecule is CC(C)COc1cc(F)cc(-c2ccc(C(=O)NS(=O)(=O)c3cccc(N)n3)c(OCCCc3ccccn3)n2)c1. The molecule has 0 saturated heterocycles. The standard InChI is InChI=1S/C29H30FN5O5S/c1-19(2)18-40-23-16-20(15-21(30)17-23)25-12-11-24(28(36)35-41(37,38)27-10-5-9-26(31)34-27)29(33-25)39-14-6-8-22-7-3-4-13-32-22/h3-5,7,9-13,15-17,19H,6,8,14,18H2,1-2H3,(H2,31,34)(H,35,36). The van der Waals surface area contributed by atoms with Gasteiger partial charge >= 0.3 is 0 Å². The van der Waals surface area contributed by atoms with Gasteiger partial charge in [0.2, 0.25) is 5.88 Å². The van der Waals surface area contributed by atoms with E-state index in [-0.39, 0.29) is 29.8 Å². The van der Waals surface area contributed by atoms with Crippen LogP contribution < -0.4 is 19.9 Å². The van der Waals surface area contributed by atoms with Gasteiger partial charge in [0.15, 0.2) is 5.03 Å². The van der Waals surface area contributed by atoms with E-state index >= 15 is 0 Å². The normalized spacial score (nSPS) is 11.3. The van der Waals surface area contributed by atoms with Gasteiger partial charge in [-0.3, -0.25) is 9.78 Å². The number of nitrogens with two attached hydrogens (primary N) is 1. The number of nitrogen functional groups attached to an aromatic ring is 1. The number of carbonyl (C=O) groups excluding carboxylic acids is 1. The highest BCUT2D eigenvalue weighted by Crippen LogP contribution is 2.28. The van der Waals surface area contributed by atoms with Gasteiger partial charge in [-0.05, 0) is 67.3 Å². The Hall–Kier alpha value is -4.58. The number of halogens is 1. The van der Waals surface area contributed by atoms with E-state index in [9.17, 15) is 17.6 Å². The number of aryl methyl sites for hydroxylation is 1. The van der Waals surface area contributed by atoms with Crippen LogP contribution >= 0.6 is 0 Å². The van der Waals surface area contributed by atoms with Gasteiger partial charge in [-0.15, -0.1) is 0 Å². The molecular formula is C29H30FN5O5S. The van der Waals surface area contributed by atoms with Crippen molar-refractivity contribution >= 4 is 21.7 Å². The van der Waals surface area contributed by atoms with Crippen LogP contribution in [0.25, 0.3) is 11.3 Å². The highest BCUT2D eigenvalue weighted by Gasteiger charge is 2.24. The zero-order valence-electron chi connectivity index (χ0n) is 22.6. The van der Waals surface area contributed by atoms with Gasteiger partial charge in [0.05, 0.1) is 18.9 Å². The van der Waals surface area contributed by atoms with Crippen LogP contribution in [0.5, 0.6) is 11.6 Å². The second kappa shape index (κ2) is 13.2. The number of nitrogens with one attached hydrogen (secondary N) is 1. The smallest absolute Gasteiger partial charge is 0.281 e. The van der Waals surface area contributed by atoms with Crippen molar-refractivity contribution in [3.05, 3.63) is 90.0 Å². The summed E-state index contributed by atoms with van der Waals surface area (Å²) in [4.78, 5) is 25.6. The minimum atomic E-state index is -4.34. The summed E-state index contributed by atoms with van der Waals surface area (Å²) in [5.41, 5.74) is 7.03. The molecule has 0 spiro atoms. The number of nitrogens with zero attached hydrogens (tertiary/aromatic N) is 3. The van der Waals surface area contributed by atoms with Crippen molar-refractivity contribution in [1.29, 1.82) is 0 Å². The molecule has 3 heterocycles. The minimum absolute atomic E-state index is 0.0184. The molecule has 0 saturated carbocycles. The second-order valence-electron chi connectivity index (χ2n) is 9.54. The summed E-state index contributed by atoms with van der Waals surface area (Å²) < 4.78 is 53.6. The molecule has 4 rings (SSSR count). The monoisotopic (exact) mass is 579 g/mol. The molecule has 0 bridgehead atoms. The summed E-state index contributed by atoms with van der Waals surface area (Å²) in [6.07, 6.45) is 2.85. The number of benzene rings is 1. The van der Waals surface area contributed by atoms with Crippen LogP contribution in [0.3, 0.4) is 0 Å². The first-order valence-corrected chi connectivity index (χ1v) is 14.4. The van der Waals surface area contributed by atoms with Crippen LogP contribution in [0.1, 0.15) is 36.3 Å². The van der Waals surface area contributed by atoms with E-state index in [2.05, 4.69) is 15.0 Å². The fraction of sp³-hybridized carbons (Fsp3) is 0.241. The first-order chi connectivity index (χ1) is 19.6. The molecule has 0 aliphatic carbocycles. The molecular weight excluding hydrogens is 549 g/mol. The Kier molecular flexibility index (Phi) is 9.45. The van der Waals surface area contributed by atoms with E-state index in [0.29, 0.717) is 36.5 Å². The predicted octanol–water partition coefficient (Wildman–Crippen LogP) is 4.43. The number of pyridine rings is 3. The number of aromatic nitrogens is 3. The topological polar surface area (TPSA) is 146 Å². The quantitative estimate of drug-likeness (QED) is 0.233. The fourth-order valence-electron chi connectivity index (χ4n) is 3.72. The van der Waals surface area contributed by atoms with Crippen molar-refractivity contribution in [2.24, 2.45) is 5.92 Å². The lowest BCUT2D eigenvalue weighted by Gasteiger charge is -2.14. The van der Waals surface area contributed by atoms with Crippen molar-refractivity contribution < 1.29 is 27.1 Å². The predicted molar refractivity (Wildman–Crippen MR) is 151 cm³/mol. The summed E-state index contributed by atoms with van der Waals surface area (Å²) in [5, 5.41) is -0.415. The Labute approximate surface area is 237 Å². The van der Waals surface area contributed by atoms with Gasteiger partial charge in [-0.1, -0.05) is 26.0 Å². The lowest BCUT2D eigenvalue weighted by atomic mass is 10.1. The Morgan fingerprint density at radius 1 is 1.02 bits per heavy atom. The summed E-state index contributed by atoms with van der Waals surface area (Å²) in [5.74, 6) is -1.07. The van der Waals surface area contributed by atoms with Gasteiger partial charge < -0.3 is 15.2 Å². The maximum Gasteiger partial charge on any atom is 0.281 e. The van der Waals surface area contributed by atoms with Gasteiger partial charge in [0, 0.05) is 23.5 Å². The van der Waals surface area contributed by atoms with E-state index in [1.54, 1.807) is 12.3 Å². The van der Waals surface area contributed by atoms with Crippen LogP contribution in [0.2, 0.25) is 0 Å². The average Bonchev–Trinajstić information content (AvgIpc) is 2.94. The summed E-state index contributed by atoms with van der Waals surface area (Å²) in [6, 6.07) is 16.7. The molecule has 10 nitrogen and oxygen atoms in total. The van der Waals surface area contributed by atoms with Crippen molar-refractivity contribution in [2.45, 2.75) is 31.7 Å². The van der Waals surface area contributed by atoms with Gasteiger partial charge in [0.1, 0.15) is 22.9 Å². The number of ether oxygens (including phenoxy) is 2. The number of carbonyl (C=O) groups is 1. The zero-order chi connectivity index (χ0) is 29.4. The Bertz CT molecular complexity index is 1620. The maximum absolute atomic E-state index is 14.4. The van der Waals surface area contributed by atoms with Gasteiger partial charge in [-0.25, -0.2) is 19.1 Å². The van der Waals surface area contributed by atoms with Crippen LogP contribution in [-0.4, -0.2) is 42.5 Å². The lowest BCUT2D eigenvalue weighted by molar-refractivity contribution is 0.0976. The van der Waals surface area contributed by atoms with Crippen molar-refractivity contribution in [3.8, 4) is 22.9 Å². The molecule has 41 heavy (non-hydrogen) atoms. The number of amides is 1. The maximum atomic E-state index is 14.4. The third kappa shape index (κ3) is 8.21. The van der Waals surface area contributed by atoms with Crippen molar-refractivity contribution in [2.75, 3.05) is 18.9 Å². The highest BCUT2D eigenvalue weighted by molar-refractivity contribution is 7.90. The number of sulfonamides is 1. The van der Waals surface area contributed by atoms with Crippen LogP contribution in [-0.2, 0) is 16.4 Å². The van der Waals surface area contributed by atoms with E-state index < -0.39 is 26.8 Å². The number of hydrogen-bond donors (Lipinski definition) is 2. The molecule has 1 aromatic carbocycles. The fourth-order valence-corrected chi connectivity index (χ4v) is 4.66. The van der Waals surface area contributed by atoms with Crippen LogP contribution in [0.4, 0.5) is 10.2 Å². The van der Waals surface area contributed by atoms with E-state index in [0.717, 1.165) is 5.69 Å². The Morgan fingerprint density at radius 3 is 2.59 bits per heavy atom.